The lowest BCUT2D eigenvalue weighted by Crippen LogP contribution is -2.37. The van der Waals surface area contributed by atoms with Crippen LogP contribution in [0.5, 0.6) is 0 Å². The van der Waals surface area contributed by atoms with Crippen LogP contribution < -0.4 is 0 Å². The van der Waals surface area contributed by atoms with Crippen LogP contribution in [0.15, 0.2) is 23.1 Å². The Bertz CT molecular complexity index is 649. The van der Waals surface area contributed by atoms with E-state index in [1.54, 1.807) is 6.07 Å². The third kappa shape index (κ3) is 3.40. The molecule has 1 unspecified atom stereocenters. The monoisotopic (exact) mass is 312 g/mol. The highest BCUT2D eigenvalue weighted by Crippen LogP contribution is 2.23. The van der Waals surface area contributed by atoms with E-state index < -0.39 is 21.4 Å². The average Bonchev–Trinajstić information content (AvgIpc) is 2.48. The quantitative estimate of drug-likeness (QED) is 0.851. The smallest absolute Gasteiger partial charge is 0.244 e. The fraction of sp³-hybridized carbons (Fsp3) is 0.500. The number of hydrogen-bond donors (Lipinski definition) is 0. The van der Waals surface area contributed by atoms with E-state index in [1.165, 1.54) is 19.2 Å². The van der Waals surface area contributed by atoms with Crippen molar-refractivity contribution in [2.45, 2.75) is 30.3 Å². The second kappa shape index (κ2) is 6.52. The second-order valence-corrected chi connectivity index (χ2v) is 7.01. The van der Waals surface area contributed by atoms with E-state index in [0.29, 0.717) is 6.61 Å². The van der Waals surface area contributed by atoms with Crippen molar-refractivity contribution >= 4 is 10.0 Å². The molecule has 0 saturated carbocycles. The number of nitriles is 1. The minimum absolute atomic E-state index is 0.155. The zero-order valence-electron chi connectivity index (χ0n) is 11.8. The summed E-state index contributed by atoms with van der Waals surface area (Å²) in [6.07, 6.45) is 2.63. The highest BCUT2D eigenvalue weighted by Gasteiger charge is 2.28. The van der Waals surface area contributed by atoms with Gasteiger partial charge in [0.15, 0.2) is 0 Å². The lowest BCUT2D eigenvalue weighted by Gasteiger charge is -2.27. The third-order valence-electron chi connectivity index (χ3n) is 3.51. The number of ether oxygens (including phenoxy) is 1. The standard InChI is InChI=1S/C14H17FN2O3S/c1-17(10-11-5-2-3-8-20-11)21(18,19)14-7-4-6-13(15)12(14)9-16/h4,6-7,11H,2-3,5,8,10H2,1H3. The van der Waals surface area contributed by atoms with Gasteiger partial charge in [-0.2, -0.15) is 9.57 Å². The Labute approximate surface area is 124 Å². The van der Waals surface area contributed by atoms with Gasteiger partial charge >= 0.3 is 0 Å². The van der Waals surface area contributed by atoms with Gasteiger partial charge in [0.2, 0.25) is 10.0 Å². The number of halogens is 1. The fourth-order valence-electron chi connectivity index (χ4n) is 2.33. The molecule has 1 heterocycles. The molecule has 21 heavy (non-hydrogen) atoms. The maximum Gasteiger partial charge on any atom is 0.244 e. The molecule has 0 radical (unpaired) electrons. The van der Waals surface area contributed by atoms with Crippen molar-refractivity contribution in [2.24, 2.45) is 0 Å². The first-order valence-electron chi connectivity index (χ1n) is 6.73. The van der Waals surface area contributed by atoms with Crippen LogP contribution in [-0.2, 0) is 14.8 Å². The first-order chi connectivity index (χ1) is 9.96. The van der Waals surface area contributed by atoms with Crippen LogP contribution >= 0.6 is 0 Å². The summed E-state index contributed by atoms with van der Waals surface area (Å²) >= 11 is 0. The summed E-state index contributed by atoms with van der Waals surface area (Å²) in [5.74, 6) is -0.833. The van der Waals surface area contributed by atoms with Crippen LogP contribution in [0.4, 0.5) is 4.39 Å². The summed E-state index contributed by atoms with van der Waals surface area (Å²) in [5, 5.41) is 8.97. The molecule has 0 aromatic heterocycles. The number of likely N-dealkylation sites (N-methyl/N-ethyl adjacent to an activating group) is 1. The van der Waals surface area contributed by atoms with Crippen molar-refractivity contribution in [3.63, 3.8) is 0 Å². The molecule has 0 aliphatic carbocycles. The average molecular weight is 312 g/mol. The van der Waals surface area contributed by atoms with Gasteiger partial charge in [-0.3, -0.25) is 0 Å². The van der Waals surface area contributed by atoms with Crippen LogP contribution in [0.1, 0.15) is 24.8 Å². The van der Waals surface area contributed by atoms with Crippen molar-refractivity contribution in [2.75, 3.05) is 20.2 Å². The van der Waals surface area contributed by atoms with Crippen molar-refractivity contribution < 1.29 is 17.5 Å². The summed E-state index contributed by atoms with van der Waals surface area (Å²) in [5.41, 5.74) is -0.450. The number of rotatable bonds is 4. The van der Waals surface area contributed by atoms with E-state index in [2.05, 4.69) is 0 Å². The molecule has 0 spiro atoms. The topological polar surface area (TPSA) is 70.4 Å². The SMILES string of the molecule is CN(CC1CCCCO1)S(=O)(=O)c1cccc(F)c1C#N. The molecular formula is C14H17FN2O3S. The van der Waals surface area contributed by atoms with Gasteiger partial charge in [0.1, 0.15) is 22.3 Å². The van der Waals surface area contributed by atoms with Crippen molar-refractivity contribution in [1.82, 2.24) is 4.31 Å². The molecule has 1 aliphatic heterocycles. The van der Waals surface area contributed by atoms with Gasteiger partial charge in [-0.1, -0.05) is 6.07 Å². The molecule has 7 heteroatoms. The first kappa shape index (κ1) is 15.9. The molecule has 1 aliphatic rings. The highest BCUT2D eigenvalue weighted by molar-refractivity contribution is 7.89. The molecular weight excluding hydrogens is 295 g/mol. The molecule has 2 rings (SSSR count). The molecule has 0 bridgehead atoms. The molecule has 1 fully saturated rings. The number of sulfonamides is 1. The zero-order chi connectivity index (χ0) is 15.5. The summed E-state index contributed by atoms with van der Waals surface area (Å²) in [6.45, 7) is 0.825. The van der Waals surface area contributed by atoms with Gasteiger partial charge in [0, 0.05) is 20.2 Å². The molecule has 0 N–H and O–H groups in total. The normalized spacial score (nSPS) is 19.4. The predicted molar refractivity (Wildman–Crippen MR) is 74.5 cm³/mol. The molecule has 1 aromatic rings. The number of hydrogen-bond acceptors (Lipinski definition) is 4. The molecule has 1 aromatic carbocycles. The van der Waals surface area contributed by atoms with Crippen molar-refractivity contribution in [3.8, 4) is 6.07 Å². The van der Waals surface area contributed by atoms with E-state index in [4.69, 9.17) is 10.00 Å². The van der Waals surface area contributed by atoms with E-state index in [0.717, 1.165) is 29.6 Å². The minimum Gasteiger partial charge on any atom is -0.377 e. The van der Waals surface area contributed by atoms with Gasteiger partial charge < -0.3 is 4.74 Å². The van der Waals surface area contributed by atoms with E-state index in [-0.39, 0.29) is 17.5 Å². The maximum atomic E-state index is 13.6. The van der Waals surface area contributed by atoms with Crippen LogP contribution in [0.2, 0.25) is 0 Å². The Morgan fingerprint density at radius 2 is 2.24 bits per heavy atom. The molecule has 1 saturated heterocycles. The van der Waals surface area contributed by atoms with Crippen LogP contribution in [-0.4, -0.2) is 39.0 Å². The number of benzene rings is 1. The number of nitrogens with zero attached hydrogens (tertiary/aromatic N) is 2. The van der Waals surface area contributed by atoms with Crippen molar-refractivity contribution in [3.05, 3.63) is 29.6 Å². The Hall–Kier alpha value is -1.49. The summed E-state index contributed by atoms with van der Waals surface area (Å²) < 4.78 is 45.2. The summed E-state index contributed by atoms with van der Waals surface area (Å²) in [7, 11) is -2.50. The zero-order valence-corrected chi connectivity index (χ0v) is 12.6. The van der Waals surface area contributed by atoms with Gasteiger partial charge in [-0.25, -0.2) is 12.8 Å². The van der Waals surface area contributed by atoms with Crippen LogP contribution in [0, 0.1) is 17.1 Å². The maximum absolute atomic E-state index is 13.6. The molecule has 1 atom stereocenters. The minimum atomic E-state index is -3.91. The van der Waals surface area contributed by atoms with E-state index in [1.807, 2.05) is 0 Å². The Morgan fingerprint density at radius 1 is 1.48 bits per heavy atom. The van der Waals surface area contributed by atoms with Gasteiger partial charge in [-0.15, -0.1) is 0 Å². The molecule has 114 valence electrons. The fourth-order valence-corrected chi connectivity index (χ4v) is 3.68. The van der Waals surface area contributed by atoms with Gasteiger partial charge in [0.25, 0.3) is 0 Å². The highest BCUT2D eigenvalue weighted by atomic mass is 32.2. The second-order valence-electron chi connectivity index (χ2n) is 5.00. The molecule has 5 nitrogen and oxygen atoms in total. The third-order valence-corrected chi connectivity index (χ3v) is 5.38. The van der Waals surface area contributed by atoms with Crippen molar-refractivity contribution in [1.29, 1.82) is 5.26 Å². The largest absolute Gasteiger partial charge is 0.377 e. The first-order valence-corrected chi connectivity index (χ1v) is 8.17. The molecule has 0 amide bonds. The van der Waals surface area contributed by atoms with Gasteiger partial charge in [0.05, 0.1) is 6.10 Å². The summed E-state index contributed by atoms with van der Waals surface area (Å²) in [6, 6.07) is 5.22. The van der Waals surface area contributed by atoms with E-state index >= 15 is 0 Å². The Kier molecular flexibility index (Phi) is 4.93. The van der Waals surface area contributed by atoms with E-state index in [9.17, 15) is 12.8 Å². The Balaban J connectivity index is 2.25. The lowest BCUT2D eigenvalue weighted by atomic mass is 10.1. The Morgan fingerprint density at radius 3 is 2.86 bits per heavy atom. The summed E-state index contributed by atoms with van der Waals surface area (Å²) in [4.78, 5) is -0.302. The predicted octanol–water partition coefficient (Wildman–Crippen LogP) is 1.89. The van der Waals surface area contributed by atoms with Crippen LogP contribution in [0.25, 0.3) is 0 Å². The van der Waals surface area contributed by atoms with Gasteiger partial charge in [-0.05, 0) is 31.4 Å². The van der Waals surface area contributed by atoms with Crippen LogP contribution in [0.3, 0.4) is 0 Å². The lowest BCUT2D eigenvalue weighted by molar-refractivity contribution is 0.00858.